The van der Waals surface area contributed by atoms with Gasteiger partial charge in [0.25, 0.3) is 0 Å². The summed E-state index contributed by atoms with van der Waals surface area (Å²) in [6.07, 6.45) is 0. The molecule has 0 atom stereocenters. The zero-order chi connectivity index (χ0) is 14.0. The zero-order valence-corrected chi connectivity index (χ0v) is 12.2. The van der Waals surface area contributed by atoms with Gasteiger partial charge in [-0.2, -0.15) is 5.10 Å². The van der Waals surface area contributed by atoms with Gasteiger partial charge in [-0.05, 0) is 33.9 Å². The van der Waals surface area contributed by atoms with Crippen LogP contribution in [-0.4, -0.2) is 16.8 Å². The lowest BCUT2D eigenvalue weighted by Gasteiger charge is -2.04. The monoisotopic (exact) mass is 263 g/mol. The molecule has 2 aromatic rings. The van der Waals surface area contributed by atoms with Crippen molar-refractivity contribution >= 4 is 0 Å². The number of nitrogens with one attached hydrogen (secondary N) is 1. The summed E-state index contributed by atoms with van der Waals surface area (Å²) < 4.78 is 13.3. The van der Waals surface area contributed by atoms with E-state index < -0.39 is 0 Å². The second kappa shape index (κ2) is 5.48. The van der Waals surface area contributed by atoms with Crippen molar-refractivity contribution in [3.63, 3.8) is 0 Å². The number of aromatic nitrogens is 2. The molecule has 19 heavy (non-hydrogen) atoms. The summed E-state index contributed by atoms with van der Waals surface area (Å²) in [6, 6.07) is 2.03. The van der Waals surface area contributed by atoms with Crippen LogP contribution in [0.1, 0.15) is 28.5 Å². The van der Waals surface area contributed by atoms with Crippen LogP contribution in [0, 0.1) is 20.8 Å². The number of hydrogen-bond donors (Lipinski definition) is 1. The Labute approximate surface area is 113 Å². The molecule has 0 saturated heterocycles. The molecule has 0 aliphatic carbocycles. The molecule has 0 aromatic carbocycles. The second-order valence-corrected chi connectivity index (χ2v) is 4.74. The molecule has 0 aliphatic heterocycles. The highest BCUT2D eigenvalue weighted by atomic mass is 16.5. The van der Waals surface area contributed by atoms with E-state index in [-0.39, 0.29) is 0 Å². The highest BCUT2D eigenvalue weighted by Crippen LogP contribution is 2.23. The van der Waals surface area contributed by atoms with E-state index >= 15 is 0 Å². The molecule has 0 saturated carbocycles. The summed E-state index contributed by atoms with van der Waals surface area (Å²) in [5, 5.41) is 7.45. The molecular weight excluding hydrogens is 242 g/mol. The van der Waals surface area contributed by atoms with Gasteiger partial charge in [-0.25, -0.2) is 0 Å². The van der Waals surface area contributed by atoms with Crippen LogP contribution < -0.4 is 10.1 Å². The lowest BCUT2D eigenvalue weighted by Crippen LogP contribution is -2.04. The highest BCUT2D eigenvalue weighted by molar-refractivity contribution is 5.32. The Bertz CT molecular complexity index is 569. The molecular formula is C14H21N3O2. The molecule has 2 rings (SSSR count). The molecule has 0 radical (unpaired) electrons. The average Bonchev–Trinajstić information content (AvgIpc) is 2.81. The fraction of sp³-hybridized carbons (Fsp3) is 0.500. The third-order valence-corrected chi connectivity index (χ3v) is 3.24. The number of hydrogen-bond acceptors (Lipinski definition) is 4. The predicted octanol–water partition coefficient (Wildman–Crippen LogP) is 2.24. The third kappa shape index (κ3) is 2.81. The molecule has 0 spiro atoms. The number of nitrogens with zero attached hydrogens (tertiary/aromatic N) is 2. The first-order chi connectivity index (χ1) is 9.02. The van der Waals surface area contributed by atoms with E-state index in [1.54, 1.807) is 0 Å². The van der Waals surface area contributed by atoms with Crippen LogP contribution in [0.15, 0.2) is 10.5 Å². The average molecular weight is 263 g/mol. The van der Waals surface area contributed by atoms with Crippen molar-refractivity contribution in [2.45, 2.75) is 33.9 Å². The minimum absolute atomic E-state index is 0.428. The Hall–Kier alpha value is -1.75. The Balaban J connectivity index is 2.08. The minimum atomic E-state index is 0.428. The zero-order valence-electron chi connectivity index (χ0n) is 12.2. The SMILES string of the molecule is CNCc1cc(COc2c(C)nn(C)c2C)oc1C. The van der Waals surface area contributed by atoms with Gasteiger partial charge in [0.2, 0.25) is 0 Å². The van der Waals surface area contributed by atoms with E-state index in [1.807, 2.05) is 45.6 Å². The molecule has 104 valence electrons. The van der Waals surface area contributed by atoms with Crippen LogP contribution >= 0.6 is 0 Å². The quantitative estimate of drug-likeness (QED) is 0.899. The Morgan fingerprint density at radius 3 is 2.68 bits per heavy atom. The van der Waals surface area contributed by atoms with E-state index in [1.165, 1.54) is 5.56 Å². The number of furan rings is 1. The van der Waals surface area contributed by atoms with Crippen LogP contribution in [0.2, 0.25) is 0 Å². The van der Waals surface area contributed by atoms with Gasteiger partial charge in [0.05, 0.1) is 5.69 Å². The van der Waals surface area contributed by atoms with Gasteiger partial charge >= 0.3 is 0 Å². The standard InChI is InChI=1S/C14H21N3O2/c1-9-14(10(2)17(5)16-9)18-8-13-6-12(7-15-4)11(3)19-13/h6,15H,7-8H2,1-5H3. The predicted molar refractivity (Wildman–Crippen MR) is 73.2 cm³/mol. The summed E-state index contributed by atoms with van der Waals surface area (Å²) in [5.74, 6) is 2.62. The number of ether oxygens (including phenoxy) is 1. The van der Waals surface area contributed by atoms with Gasteiger partial charge in [0, 0.05) is 19.2 Å². The van der Waals surface area contributed by atoms with E-state index in [4.69, 9.17) is 9.15 Å². The Morgan fingerprint density at radius 2 is 2.11 bits per heavy atom. The van der Waals surface area contributed by atoms with Gasteiger partial charge < -0.3 is 14.5 Å². The summed E-state index contributed by atoms with van der Waals surface area (Å²) in [5.41, 5.74) is 3.09. The van der Waals surface area contributed by atoms with Crippen LogP contribution in [0.5, 0.6) is 5.75 Å². The van der Waals surface area contributed by atoms with Crippen molar-refractivity contribution in [2.24, 2.45) is 7.05 Å². The normalized spacial score (nSPS) is 11.0. The molecule has 0 bridgehead atoms. The molecule has 5 heteroatoms. The largest absolute Gasteiger partial charge is 0.482 e. The molecule has 0 aliphatic rings. The van der Waals surface area contributed by atoms with Crippen molar-refractivity contribution in [3.8, 4) is 5.75 Å². The van der Waals surface area contributed by atoms with Gasteiger partial charge in [-0.1, -0.05) is 0 Å². The van der Waals surface area contributed by atoms with Gasteiger partial charge in [-0.3, -0.25) is 4.68 Å². The first kappa shape index (κ1) is 13.7. The smallest absolute Gasteiger partial charge is 0.163 e. The summed E-state index contributed by atoms with van der Waals surface area (Å²) in [6.45, 7) is 7.15. The molecule has 5 nitrogen and oxygen atoms in total. The minimum Gasteiger partial charge on any atom is -0.482 e. The first-order valence-corrected chi connectivity index (χ1v) is 6.38. The van der Waals surface area contributed by atoms with Crippen LogP contribution in [-0.2, 0) is 20.2 Å². The Kier molecular flexibility index (Phi) is 3.95. The molecule has 0 fully saturated rings. The summed E-state index contributed by atoms with van der Waals surface area (Å²) >= 11 is 0. The van der Waals surface area contributed by atoms with Crippen LogP contribution in [0.4, 0.5) is 0 Å². The molecule has 0 unspecified atom stereocenters. The topological polar surface area (TPSA) is 52.2 Å². The van der Waals surface area contributed by atoms with Crippen molar-refractivity contribution in [3.05, 3.63) is 34.5 Å². The van der Waals surface area contributed by atoms with E-state index in [0.717, 1.165) is 35.2 Å². The molecule has 0 amide bonds. The number of rotatable bonds is 5. The highest BCUT2D eigenvalue weighted by Gasteiger charge is 2.12. The van der Waals surface area contributed by atoms with E-state index in [2.05, 4.69) is 10.4 Å². The Morgan fingerprint density at radius 1 is 1.37 bits per heavy atom. The first-order valence-electron chi connectivity index (χ1n) is 6.38. The van der Waals surface area contributed by atoms with E-state index in [9.17, 15) is 0 Å². The van der Waals surface area contributed by atoms with Crippen molar-refractivity contribution in [2.75, 3.05) is 7.05 Å². The maximum atomic E-state index is 5.82. The van der Waals surface area contributed by atoms with Crippen molar-refractivity contribution in [1.82, 2.24) is 15.1 Å². The maximum Gasteiger partial charge on any atom is 0.163 e. The van der Waals surface area contributed by atoms with Gasteiger partial charge in [-0.15, -0.1) is 0 Å². The lowest BCUT2D eigenvalue weighted by atomic mass is 10.2. The summed E-state index contributed by atoms with van der Waals surface area (Å²) in [4.78, 5) is 0. The lowest BCUT2D eigenvalue weighted by molar-refractivity contribution is 0.264. The molecule has 1 N–H and O–H groups in total. The fourth-order valence-corrected chi connectivity index (χ4v) is 2.13. The fourth-order valence-electron chi connectivity index (χ4n) is 2.13. The molecule has 2 heterocycles. The van der Waals surface area contributed by atoms with Crippen molar-refractivity contribution < 1.29 is 9.15 Å². The third-order valence-electron chi connectivity index (χ3n) is 3.24. The summed E-state index contributed by atoms with van der Waals surface area (Å²) in [7, 11) is 3.84. The maximum absolute atomic E-state index is 5.82. The second-order valence-electron chi connectivity index (χ2n) is 4.74. The van der Waals surface area contributed by atoms with Crippen LogP contribution in [0.3, 0.4) is 0 Å². The van der Waals surface area contributed by atoms with Gasteiger partial charge in [0.1, 0.15) is 23.8 Å². The van der Waals surface area contributed by atoms with E-state index in [0.29, 0.717) is 6.61 Å². The van der Waals surface area contributed by atoms with Crippen molar-refractivity contribution in [1.29, 1.82) is 0 Å². The van der Waals surface area contributed by atoms with Gasteiger partial charge in [0.15, 0.2) is 5.75 Å². The van der Waals surface area contributed by atoms with Crippen LogP contribution in [0.25, 0.3) is 0 Å². The number of aryl methyl sites for hydroxylation is 3. The molecule has 2 aromatic heterocycles.